The lowest BCUT2D eigenvalue weighted by molar-refractivity contribution is -0.132. The lowest BCUT2D eigenvalue weighted by atomic mass is 9.83. The van der Waals surface area contributed by atoms with Crippen LogP contribution in [0.15, 0.2) is 11.6 Å². The summed E-state index contributed by atoms with van der Waals surface area (Å²) >= 11 is 0. The highest BCUT2D eigenvalue weighted by Crippen LogP contribution is 2.28. The Morgan fingerprint density at radius 3 is 1.21 bits per heavy atom. The number of aliphatic carboxylic acids is 1. The Bertz CT molecular complexity index is 436. The molecule has 0 aromatic carbocycles. The maximum atomic E-state index is 11.3. The van der Waals surface area contributed by atoms with Crippen LogP contribution in [0.25, 0.3) is 0 Å². The van der Waals surface area contributed by atoms with Crippen LogP contribution in [0, 0.1) is 11.8 Å². The predicted octanol–water partition coefficient (Wildman–Crippen LogP) is 11.1. The van der Waals surface area contributed by atoms with Crippen molar-refractivity contribution >= 4 is 5.97 Å². The van der Waals surface area contributed by atoms with Crippen molar-refractivity contribution in [3.63, 3.8) is 0 Å². The third-order valence-electron chi connectivity index (χ3n) is 7.45. The predicted molar refractivity (Wildman–Crippen MR) is 152 cm³/mol. The Labute approximate surface area is 214 Å². The summed E-state index contributed by atoms with van der Waals surface area (Å²) in [5.74, 6) is 0.249. The molecule has 0 rings (SSSR count). The van der Waals surface area contributed by atoms with Crippen LogP contribution in [0.1, 0.15) is 169 Å². The number of carbonyl (C=O) groups is 1. The first-order valence-electron chi connectivity index (χ1n) is 14.9. The molecule has 0 aliphatic heterocycles. The van der Waals surface area contributed by atoms with Gasteiger partial charge in [-0.25, -0.2) is 4.79 Å². The van der Waals surface area contributed by atoms with Gasteiger partial charge in [0.15, 0.2) is 0 Å². The van der Waals surface area contributed by atoms with Crippen LogP contribution in [-0.4, -0.2) is 11.1 Å². The van der Waals surface area contributed by atoms with E-state index in [0.29, 0.717) is 17.4 Å². The molecule has 0 heterocycles. The van der Waals surface area contributed by atoms with Crippen LogP contribution in [0.2, 0.25) is 0 Å². The largest absolute Gasteiger partial charge is 0.478 e. The average molecular weight is 482 g/mol. The fourth-order valence-electron chi connectivity index (χ4n) is 5.06. The molecule has 4 N–H and O–H groups in total. The van der Waals surface area contributed by atoms with Gasteiger partial charge in [0.2, 0.25) is 0 Å². The maximum Gasteiger partial charge on any atom is 0.330 e. The topological polar surface area (TPSA) is 72.3 Å². The highest BCUT2D eigenvalue weighted by atomic mass is 16.4. The molecule has 3 heteroatoms. The lowest BCUT2D eigenvalue weighted by Crippen LogP contribution is -2.12. The zero-order valence-corrected chi connectivity index (χ0v) is 23.9. The van der Waals surface area contributed by atoms with Crippen molar-refractivity contribution in [3.8, 4) is 0 Å². The van der Waals surface area contributed by atoms with Gasteiger partial charge in [0.25, 0.3) is 0 Å². The second-order valence-corrected chi connectivity index (χ2v) is 10.7. The van der Waals surface area contributed by atoms with E-state index in [9.17, 15) is 9.90 Å². The number of hydrogen-bond acceptors (Lipinski definition) is 2. The highest BCUT2D eigenvalue weighted by molar-refractivity contribution is 5.85. The first kappa shape index (κ1) is 35.3. The Balaban J connectivity index is 0. The molecule has 0 radical (unpaired) electrons. The summed E-state index contributed by atoms with van der Waals surface area (Å²) in [5, 5.41) is 9.27. The van der Waals surface area contributed by atoms with Crippen molar-refractivity contribution in [2.24, 2.45) is 11.8 Å². The Morgan fingerprint density at radius 2 is 0.912 bits per heavy atom. The minimum atomic E-state index is -0.765. The average Bonchev–Trinajstić information content (AvgIpc) is 2.79. The minimum absolute atomic E-state index is 0. The Kier molecular flexibility index (Phi) is 27.8. The maximum absolute atomic E-state index is 11.3. The van der Waals surface area contributed by atoms with E-state index >= 15 is 0 Å². The number of rotatable bonds is 25. The van der Waals surface area contributed by atoms with Gasteiger partial charge in [-0.1, -0.05) is 155 Å². The number of hydrogen-bond donors (Lipinski definition) is 2. The summed E-state index contributed by atoms with van der Waals surface area (Å²) in [5.41, 5.74) is 0.513. The molecule has 0 saturated heterocycles. The van der Waals surface area contributed by atoms with Gasteiger partial charge in [-0.05, 0) is 31.6 Å². The van der Waals surface area contributed by atoms with Crippen molar-refractivity contribution in [3.05, 3.63) is 11.6 Å². The Morgan fingerprint density at radius 1 is 0.618 bits per heavy atom. The molecule has 1 atom stereocenters. The van der Waals surface area contributed by atoms with E-state index in [4.69, 9.17) is 0 Å². The summed E-state index contributed by atoms with van der Waals surface area (Å²) in [4.78, 5) is 11.3. The highest BCUT2D eigenvalue weighted by Gasteiger charge is 2.16. The quantitative estimate of drug-likeness (QED) is 0.101. The van der Waals surface area contributed by atoms with Crippen molar-refractivity contribution in [2.45, 2.75) is 169 Å². The van der Waals surface area contributed by atoms with Gasteiger partial charge in [-0.3, -0.25) is 0 Å². The normalized spacial score (nSPS) is 12.7. The van der Waals surface area contributed by atoms with E-state index in [-0.39, 0.29) is 6.15 Å². The van der Waals surface area contributed by atoms with Crippen molar-refractivity contribution in [2.75, 3.05) is 0 Å². The van der Waals surface area contributed by atoms with Crippen molar-refractivity contribution in [1.82, 2.24) is 6.15 Å². The number of allylic oxidation sites excluding steroid dienone is 1. The molecule has 0 saturated carbocycles. The number of unbranched alkanes of at least 4 members (excludes halogenated alkanes) is 18. The van der Waals surface area contributed by atoms with Gasteiger partial charge in [-0.2, -0.15) is 0 Å². The SMILES string of the molecule is CCCCCCCCCCCCC(CCCCCCCCCCCC)C(C)C=C(C)C(=O)O.N. The van der Waals surface area contributed by atoms with E-state index in [2.05, 4.69) is 20.8 Å². The molecule has 0 spiro atoms. The van der Waals surface area contributed by atoms with Crippen LogP contribution in [0.3, 0.4) is 0 Å². The van der Waals surface area contributed by atoms with Crippen LogP contribution < -0.4 is 6.15 Å². The van der Waals surface area contributed by atoms with Gasteiger partial charge in [-0.15, -0.1) is 0 Å². The zero-order chi connectivity index (χ0) is 24.6. The van der Waals surface area contributed by atoms with Crippen molar-refractivity contribution < 1.29 is 9.90 Å². The zero-order valence-electron chi connectivity index (χ0n) is 23.9. The van der Waals surface area contributed by atoms with E-state index in [0.717, 1.165) is 0 Å². The summed E-state index contributed by atoms with van der Waals surface area (Å²) in [6.07, 6.45) is 32.1. The molecule has 3 nitrogen and oxygen atoms in total. The van der Waals surface area contributed by atoms with E-state index < -0.39 is 5.97 Å². The van der Waals surface area contributed by atoms with Crippen molar-refractivity contribution in [1.29, 1.82) is 0 Å². The van der Waals surface area contributed by atoms with Gasteiger partial charge in [0.1, 0.15) is 0 Å². The third-order valence-corrected chi connectivity index (χ3v) is 7.45. The molecular weight excluding hydrogens is 418 g/mol. The molecule has 0 bridgehead atoms. The van der Waals surface area contributed by atoms with Gasteiger partial charge < -0.3 is 11.3 Å². The van der Waals surface area contributed by atoms with Crippen LogP contribution in [0.5, 0.6) is 0 Å². The van der Waals surface area contributed by atoms with Crippen LogP contribution in [0.4, 0.5) is 0 Å². The summed E-state index contributed by atoms with van der Waals surface area (Å²) < 4.78 is 0. The van der Waals surface area contributed by atoms with Crippen LogP contribution >= 0.6 is 0 Å². The first-order valence-corrected chi connectivity index (χ1v) is 14.9. The van der Waals surface area contributed by atoms with E-state index in [1.165, 1.54) is 141 Å². The summed E-state index contributed by atoms with van der Waals surface area (Å²) in [6.45, 7) is 8.55. The number of carboxylic acids is 1. The molecule has 0 aromatic heterocycles. The van der Waals surface area contributed by atoms with Crippen LogP contribution in [-0.2, 0) is 4.79 Å². The lowest BCUT2D eigenvalue weighted by Gasteiger charge is -2.22. The van der Waals surface area contributed by atoms with E-state index in [1.54, 1.807) is 6.92 Å². The summed E-state index contributed by atoms with van der Waals surface area (Å²) in [6, 6.07) is 0. The third kappa shape index (κ3) is 22.9. The fraction of sp³-hybridized carbons (Fsp3) is 0.903. The number of carboxylic acid groups (broad SMARTS) is 1. The van der Waals surface area contributed by atoms with Gasteiger partial charge in [0, 0.05) is 5.57 Å². The Hall–Kier alpha value is -0.830. The molecule has 0 aromatic rings. The molecule has 0 aliphatic carbocycles. The molecular formula is C31H63NO2. The molecule has 0 fully saturated rings. The smallest absolute Gasteiger partial charge is 0.330 e. The molecule has 1 unspecified atom stereocenters. The molecule has 34 heavy (non-hydrogen) atoms. The first-order chi connectivity index (χ1) is 16.0. The molecule has 204 valence electrons. The second-order valence-electron chi connectivity index (χ2n) is 10.7. The second kappa shape index (κ2) is 26.8. The monoisotopic (exact) mass is 481 g/mol. The van der Waals surface area contributed by atoms with E-state index in [1.807, 2.05) is 6.08 Å². The molecule has 0 aliphatic rings. The minimum Gasteiger partial charge on any atom is -0.478 e. The molecule has 0 amide bonds. The van der Waals surface area contributed by atoms with Gasteiger partial charge in [0.05, 0.1) is 0 Å². The fourth-order valence-corrected chi connectivity index (χ4v) is 5.06. The van der Waals surface area contributed by atoms with Gasteiger partial charge >= 0.3 is 5.97 Å². The summed E-state index contributed by atoms with van der Waals surface area (Å²) in [7, 11) is 0. The standard InChI is InChI=1S/C31H60O2.H3N/c1-5-7-9-11-13-15-17-19-21-23-25-30(28(3)27-29(4)31(32)33)26-24-22-20-18-16-14-12-10-8-6-2;/h27-28,30H,5-26H2,1-4H3,(H,32,33);1H3.